The van der Waals surface area contributed by atoms with E-state index in [1.165, 1.54) is 12.1 Å². The number of carbonyl (C=O) groups excluding carboxylic acids is 1. The van der Waals surface area contributed by atoms with Crippen molar-refractivity contribution in [3.05, 3.63) is 48.0 Å². The maximum atomic E-state index is 12.9. The molecule has 1 unspecified atom stereocenters. The molecule has 1 amide bonds. The van der Waals surface area contributed by atoms with Gasteiger partial charge in [-0.3, -0.25) is 4.79 Å². The molecule has 7 nitrogen and oxygen atoms in total. The van der Waals surface area contributed by atoms with E-state index in [9.17, 15) is 13.2 Å². The second-order valence-corrected chi connectivity index (χ2v) is 8.24. The van der Waals surface area contributed by atoms with Gasteiger partial charge in [-0.25, -0.2) is 18.1 Å². The molecule has 0 saturated heterocycles. The van der Waals surface area contributed by atoms with E-state index >= 15 is 0 Å². The standard InChI is InChI=1S/C18H26N4O3S/c1-5-9-20-18(23)14-7-6-8-15(12-14)26(24,25)21-16(13(2)3)17-19-10-11-22(17)4/h6-8,10-13,16,21H,5,9H2,1-4H3,(H,20,23). The van der Waals surface area contributed by atoms with E-state index in [1.807, 2.05) is 27.8 Å². The van der Waals surface area contributed by atoms with Crippen molar-refractivity contribution >= 4 is 15.9 Å². The summed E-state index contributed by atoms with van der Waals surface area (Å²) in [7, 11) is -1.98. The second kappa shape index (κ2) is 8.46. The first-order valence-electron chi connectivity index (χ1n) is 8.64. The van der Waals surface area contributed by atoms with Crippen molar-refractivity contribution in [3.8, 4) is 0 Å². The lowest BCUT2D eigenvalue weighted by Crippen LogP contribution is -2.33. The van der Waals surface area contributed by atoms with Gasteiger partial charge in [-0.1, -0.05) is 26.8 Å². The Morgan fingerprint density at radius 3 is 2.62 bits per heavy atom. The van der Waals surface area contributed by atoms with Gasteiger partial charge >= 0.3 is 0 Å². The van der Waals surface area contributed by atoms with Gasteiger partial charge in [0.15, 0.2) is 0 Å². The number of carbonyl (C=O) groups is 1. The predicted octanol–water partition coefficient (Wildman–Crippen LogP) is 2.24. The number of aromatic nitrogens is 2. The Bertz CT molecular complexity index is 859. The number of sulfonamides is 1. The van der Waals surface area contributed by atoms with E-state index in [-0.39, 0.29) is 16.7 Å². The van der Waals surface area contributed by atoms with Crippen LogP contribution in [0.4, 0.5) is 0 Å². The van der Waals surface area contributed by atoms with Crippen LogP contribution >= 0.6 is 0 Å². The molecule has 0 aliphatic rings. The number of aryl methyl sites for hydroxylation is 1. The molecular formula is C18H26N4O3S. The van der Waals surface area contributed by atoms with Crippen LogP contribution in [-0.4, -0.2) is 30.4 Å². The largest absolute Gasteiger partial charge is 0.352 e. The van der Waals surface area contributed by atoms with Crippen molar-refractivity contribution in [1.82, 2.24) is 19.6 Å². The molecule has 26 heavy (non-hydrogen) atoms. The maximum absolute atomic E-state index is 12.9. The summed E-state index contributed by atoms with van der Waals surface area (Å²) in [5, 5.41) is 2.75. The summed E-state index contributed by atoms with van der Waals surface area (Å²) in [4.78, 5) is 16.4. The number of hydrogen-bond acceptors (Lipinski definition) is 4. The molecule has 0 aliphatic carbocycles. The van der Waals surface area contributed by atoms with Crippen LogP contribution in [0.25, 0.3) is 0 Å². The summed E-state index contributed by atoms with van der Waals surface area (Å²) < 4.78 is 30.2. The smallest absolute Gasteiger partial charge is 0.251 e. The zero-order valence-corrected chi connectivity index (χ0v) is 16.4. The fraction of sp³-hybridized carbons (Fsp3) is 0.444. The number of imidazole rings is 1. The van der Waals surface area contributed by atoms with Crippen molar-refractivity contribution in [3.63, 3.8) is 0 Å². The van der Waals surface area contributed by atoms with Gasteiger partial charge in [0.25, 0.3) is 5.91 Å². The van der Waals surface area contributed by atoms with Gasteiger partial charge in [-0.15, -0.1) is 0 Å². The van der Waals surface area contributed by atoms with Crippen molar-refractivity contribution in [2.45, 2.75) is 38.1 Å². The molecule has 1 aromatic heterocycles. The number of rotatable bonds is 8. The summed E-state index contributed by atoms with van der Waals surface area (Å²) in [6, 6.07) is 5.57. The highest BCUT2D eigenvalue weighted by Crippen LogP contribution is 2.23. The summed E-state index contributed by atoms with van der Waals surface area (Å²) in [5.74, 6) is 0.357. The van der Waals surface area contributed by atoms with E-state index in [0.717, 1.165) is 6.42 Å². The van der Waals surface area contributed by atoms with Gasteiger partial charge in [-0.05, 0) is 30.5 Å². The Kier molecular flexibility index (Phi) is 6.55. The van der Waals surface area contributed by atoms with Crippen LogP contribution in [0, 0.1) is 5.92 Å². The third-order valence-electron chi connectivity index (χ3n) is 4.03. The predicted molar refractivity (Wildman–Crippen MR) is 100 cm³/mol. The highest BCUT2D eigenvalue weighted by molar-refractivity contribution is 7.89. The van der Waals surface area contributed by atoms with Crippen LogP contribution in [0.2, 0.25) is 0 Å². The molecule has 8 heteroatoms. The third-order valence-corrected chi connectivity index (χ3v) is 5.47. The molecule has 0 aliphatic heterocycles. The highest BCUT2D eigenvalue weighted by Gasteiger charge is 2.27. The van der Waals surface area contributed by atoms with Crippen LogP contribution in [0.3, 0.4) is 0 Å². The second-order valence-electron chi connectivity index (χ2n) is 6.52. The SMILES string of the molecule is CCCNC(=O)c1cccc(S(=O)(=O)NC(c2nccn2C)C(C)C)c1. The average molecular weight is 378 g/mol. The summed E-state index contributed by atoms with van der Waals surface area (Å²) >= 11 is 0. The van der Waals surface area contributed by atoms with Gasteiger partial charge < -0.3 is 9.88 Å². The average Bonchev–Trinajstić information content (AvgIpc) is 3.03. The Morgan fingerprint density at radius 1 is 1.31 bits per heavy atom. The first-order chi connectivity index (χ1) is 12.3. The van der Waals surface area contributed by atoms with Crippen LogP contribution in [0.15, 0.2) is 41.6 Å². The quantitative estimate of drug-likeness (QED) is 0.737. The van der Waals surface area contributed by atoms with Crippen LogP contribution in [-0.2, 0) is 17.1 Å². The van der Waals surface area contributed by atoms with Crippen LogP contribution < -0.4 is 10.0 Å². The molecule has 1 atom stereocenters. The van der Waals surface area contributed by atoms with Gasteiger partial charge in [0.2, 0.25) is 10.0 Å². The first kappa shape index (κ1) is 20.1. The molecule has 1 aromatic carbocycles. The number of nitrogens with one attached hydrogen (secondary N) is 2. The molecule has 0 fully saturated rings. The highest BCUT2D eigenvalue weighted by atomic mass is 32.2. The van der Waals surface area contributed by atoms with Gasteiger partial charge in [-0.2, -0.15) is 0 Å². The lowest BCUT2D eigenvalue weighted by molar-refractivity contribution is 0.0953. The summed E-state index contributed by atoms with van der Waals surface area (Å²) in [6.07, 6.45) is 4.22. The maximum Gasteiger partial charge on any atom is 0.251 e. The fourth-order valence-electron chi connectivity index (χ4n) is 2.54. The summed E-state index contributed by atoms with van der Waals surface area (Å²) in [5.41, 5.74) is 0.319. The molecule has 0 saturated carbocycles. The number of benzene rings is 1. The third kappa shape index (κ3) is 4.70. The molecule has 0 bridgehead atoms. The zero-order chi connectivity index (χ0) is 19.3. The molecule has 1 heterocycles. The Hall–Kier alpha value is -2.19. The fourth-order valence-corrected chi connectivity index (χ4v) is 3.93. The van der Waals surface area contributed by atoms with E-state index < -0.39 is 16.1 Å². The number of hydrogen-bond donors (Lipinski definition) is 2. The van der Waals surface area contributed by atoms with Crippen molar-refractivity contribution < 1.29 is 13.2 Å². The van der Waals surface area contributed by atoms with Crippen molar-refractivity contribution in [2.75, 3.05) is 6.54 Å². The van der Waals surface area contributed by atoms with Crippen molar-refractivity contribution in [1.29, 1.82) is 0 Å². The normalized spacial score (nSPS) is 13.0. The molecule has 0 spiro atoms. The van der Waals surface area contributed by atoms with Gasteiger partial charge in [0, 0.05) is 31.5 Å². The molecular weight excluding hydrogens is 352 g/mol. The minimum atomic E-state index is -3.81. The summed E-state index contributed by atoms with van der Waals surface area (Å²) in [6.45, 7) is 6.35. The minimum Gasteiger partial charge on any atom is -0.352 e. The van der Waals surface area contributed by atoms with Crippen LogP contribution in [0.1, 0.15) is 49.4 Å². The monoisotopic (exact) mass is 378 g/mol. The van der Waals surface area contributed by atoms with E-state index in [2.05, 4.69) is 15.0 Å². The molecule has 2 N–H and O–H groups in total. The molecule has 0 radical (unpaired) electrons. The van der Waals surface area contributed by atoms with E-state index in [1.54, 1.807) is 29.1 Å². The zero-order valence-electron chi connectivity index (χ0n) is 15.6. The van der Waals surface area contributed by atoms with E-state index in [4.69, 9.17) is 0 Å². The lowest BCUT2D eigenvalue weighted by atomic mass is 10.1. The first-order valence-corrected chi connectivity index (χ1v) is 10.1. The molecule has 142 valence electrons. The molecule has 2 rings (SSSR count). The van der Waals surface area contributed by atoms with Crippen LogP contribution in [0.5, 0.6) is 0 Å². The lowest BCUT2D eigenvalue weighted by Gasteiger charge is -2.22. The molecule has 2 aromatic rings. The Morgan fingerprint density at radius 2 is 2.04 bits per heavy atom. The Balaban J connectivity index is 2.29. The van der Waals surface area contributed by atoms with Gasteiger partial charge in [0.1, 0.15) is 5.82 Å². The van der Waals surface area contributed by atoms with Gasteiger partial charge in [0.05, 0.1) is 10.9 Å². The Labute approximate surface area is 154 Å². The minimum absolute atomic E-state index is 0.00177. The number of nitrogens with zero attached hydrogens (tertiary/aromatic N) is 2. The number of amides is 1. The van der Waals surface area contributed by atoms with Crippen molar-refractivity contribution in [2.24, 2.45) is 13.0 Å². The topological polar surface area (TPSA) is 93.1 Å². The van der Waals surface area contributed by atoms with E-state index in [0.29, 0.717) is 17.9 Å².